The van der Waals surface area contributed by atoms with Crippen molar-refractivity contribution in [3.8, 4) is 5.75 Å². The van der Waals surface area contributed by atoms with Crippen molar-refractivity contribution in [1.82, 2.24) is 0 Å². The number of hydrogen-bond donors (Lipinski definition) is 2. The van der Waals surface area contributed by atoms with E-state index in [9.17, 15) is 9.59 Å². The van der Waals surface area contributed by atoms with E-state index in [0.29, 0.717) is 30.2 Å². The molecule has 0 fully saturated rings. The number of hydrogen-bond acceptors (Lipinski definition) is 5. The van der Waals surface area contributed by atoms with Gasteiger partial charge in [0.2, 0.25) is 5.91 Å². The highest BCUT2D eigenvalue weighted by Crippen LogP contribution is 2.18. The number of anilines is 2. The molecule has 6 heteroatoms. The Morgan fingerprint density at radius 3 is 2.60 bits per heavy atom. The van der Waals surface area contributed by atoms with E-state index in [1.807, 2.05) is 24.3 Å². The van der Waals surface area contributed by atoms with Crippen LogP contribution in [0.15, 0.2) is 48.5 Å². The van der Waals surface area contributed by atoms with Gasteiger partial charge in [0.25, 0.3) is 0 Å². The van der Waals surface area contributed by atoms with Crippen LogP contribution in [0.1, 0.15) is 17.3 Å². The van der Waals surface area contributed by atoms with Crippen LogP contribution in [-0.4, -0.2) is 38.6 Å². The summed E-state index contributed by atoms with van der Waals surface area (Å²) in [4.78, 5) is 23.7. The summed E-state index contributed by atoms with van der Waals surface area (Å²) in [6.07, 6.45) is 0. The van der Waals surface area contributed by atoms with Crippen molar-refractivity contribution in [1.29, 1.82) is 0 Å². The molecular formula is C19H22N2O4. The fourth-order valence-electron chi connectivity index (χ4n) is 2.21. The molecule has 2 rings (SSSR count). The van der Waals surface area contributed by atoms with Gasteiger partial charge in [0, 0.05) is 24.4 Å². The minimum absolute atomic E-state index is 0.0771. The van der Waals surface area contributed by atoms with E-state index < -0.39 is 0 Å². The first kappa shape index (κ1) is 18.5. The Morgan fingerprint density at radius 1 is 1.04 bits per heavy atom. The smallest absolute Gasteiger partial charge is 0.243 e. The number of carbonyl (C=O) groups excluding carboxylic acids is 2. The van der Waals surface area contributed by atoms with Crippen LogP contribution in [0.25, 0.3) is 0 Å². The van der Waals surface area contributed by atoms with E-state index in [1.165, 1.54) is 6.92 Å². The molecule has 2 aromatic carbocycles. The zero-order valence-corrected chi connectivity index (χ0v) is 14.4. The standard InChI is InChI=1S/C19H22N2O4/c1-14(22)17-8-3-4-9-18(17)21-19(23)13-20-15-6-5-7-16(12-15)25-11-10-24-2/h3-9,12,20H,10-11,13H2,1-2H3,(H,21,23). The van der Waals surface area contributed by atoms with Crippen molar-refractivity contribution < 1.29 is 19.1 Å². The number of para-hydroxylation sites is 1. The van der Waals surface area contributed by atoms with Gasteiger partial charge in [-0.15, -0.1) is 0 Å². The molecule has 2 aromatic rings. The van der Waals surface area contributed by atoms with Crippen LogP contribution >= 0.6 is 0 Å². The number of ketones is 1. The van der Waals surface area contributed by atoms with Gasteiger partial charge in [-0.1, -0.05) is 18.2 Å². The van der Waals surface area contributed by atoms with E-state index in [-0.39, 0.29) is 18.2 Å². The van der Waals surface area contributed by atoms with Crippen LogP contribution in [0.3, 0.4) is 0 Å². The second kappa shape index (κ2) is 9.44. The molecule has 132 valence electrons. The van der Waals surface area contributed by atoms with Crippen molar-refractivity contribution >= 4 is 23.1 Å². The molecule has 25 heavy (non-hydrogen) atoms. The Hall–Kier alpha value is -2.86. The maximum atomic E-state index is 12.1. The highest BCUT2D eigenvalue weighted by Gasteiger charge is 2.09. The minimum atomic E-state index is -0.237. The number of amides is 1. The number of carbonyl (C=O) groups is 2. The molecule has 0 bridgehead atoms. The van der Waals surface area contributed by atoms with Crippen molar-refractivity contribution in [2.45, 2.75) is 6.92 Å². The minimum Gasteiger partial charge on any atom is -0.491 e. The average molecular weight is 342 g/mol. The van der Waals surface area contributed by atoms with Crippen molar-refractivity contribution in [2.75, 3.05) is 37.5 Å². The monoisotopic (exact) mass is 342 g/mol. The van der Waals surface area contributed by atoms with E-state index in [4.69, 9.17) is 9.47 Å². The molecular weight excluding hydrogens is 320 g/mol. The SMILES string of the molecule is COCCOc1cccc(NCC(=O)Nc2ccccc2C(C)=O)c1. The Balaban J connectivity index is 1.90. The molecule has 0 saturated heterocycles. The molecule has 0 aromatic heterocycles. The summed E-state index contributed by atoms with van der Waals surface area (Å²) in [6.45, 7) is 2.52. The number of nitrogens with one attached hydrogen (secondary N) is 2. The van der Waals surface area contributed by atoms with Gasteiger partial charge in [0.1, 0.15) is 12.4 Å². The Labute approximate surface area is 147 Å². The largest absolute Gasteiger partial charge is 0.491 e. The maximum Gasteiger partial charge on any atom is 0.243 e. The Morgan fingerprint density at radius 2 is 1.84 bits per heavy atom. The molecule has 1 amide bonds. The lowest BCUT2D eigenvalue weighted by atomic mass is 10.1. The topological polar surface area (TPSA) is 76.7 Å². The Bertz CT molecular complexity index is 731. The molecule has 0 unspecified atom stereocenters. The van der Waals surface area contributed by atoms with E-state index >= 15 is 0 Å². The molecule has 0 aliphatic carbocycles. The first-order valence-electron chi connectivity index (χ1n) is 7.95. The third-order valence-electron chi connectivity index (χ3n) is 3.42. The lowest BCUT2D eigenvalue weighted by molar-refractivity contribution is -0.114. The fraction of sp³-hybridized carbons (Fsp3) is 0.263. The predicted octanol–water partition coefficient (Wildman–Crippen LogP) is 2.97. The van der Waals surface area contributed by atoms with Crippen LogP contribution in [0, 0.1) is 0 Å². The van der Waals surface area contributed by atoms with Crippen molar-refractivity contribution in [2.24, 2.45) is 0 Å². The number of rotatable bonds is 9. The highest BCUT2D eigenvalue weighted by atomic mass is 16.5. The zero-order valence-electron chi connectivity index (χ0n) is 14.4. The molecule has 6 nitrogen and oxygen atoms in total. The zero-order chi connectivity index (χ0) is 18.1. The van der Waals surface area contributed by atoms with Gasteiger partial charge < -0.3 is 20.1 Å². The van der Waals surface area contributed by atoms with Gasteiger partial charge in [-0.05, 0) is 31.2 Å². The van der Waals surface area contributed by atoms with Gasteiger partial charge in [-0.3, -0.25) is 9.59 Å². The molecule has 2 N–H and O–H groups in total. The van der Waals surface area contributed by atoms with E-state index in [0.717, 1.165) is 5.69 Å². The molecule has 0 aliphatic heterocycles. The lowest BCUT2D eigenvalue weighted by Gasteiger charge is -2.11. The van der Waals surface area contributed by atoms with E-state index in [1.54, 1.807) is 31.4 Å². The number of methoxy groups -OCH3 is 1. The average Bonchev–Trinajstić information content (AvgIpc) is 2.61. The van der Waals surface area contributed by atoms with Gasteiger partial charge >= 0.3 is 0 Å². The summed E-state index contributed by atoms with van der Waals surface area (Å²) in [6, 6.07) is 14.3. The van der Waals surface area contributed by atoms with Gasteiger partial charge in [-0.2, -0.15) is 0 Å². The summed E-state index contributed by atoms with van der Waals surface area (Å²) < 4.78 is 10.5. The first-order chi connectivity index (χ1) is 12.1. The normalized spacial score (nSPS) is 10.2. The quantitative estimate of drug-likeness (QED) is 0.541. The molecule has 0 radical (unpaired) electrons. The van der Waals surface area contributed by atoms with Crippen LogP contribution in [-0.2, 0) is 9.53 Å². The van der Waals surface area contributed by atoms with Crippen LogP contribution in [0.4, 0.5) is 11.4 Å². The van der Waals surface area contributed by atoms with Gasteiger partial charge in [-0.25, -0.2) is 0 Å². The van der Waals surface area contributed by atoms with Crippen LogP contribution in [0.5, 0.6) is 5.75 Å². The van der Waals surface area contributed by atoms with Gasteiger partial charge in [0.15, 0.2) is 5.78 Å². The molecule has 0 spiro atoms. The molecule has 0 heterocycles. The molecule has 0 aliphatic rings. The van der Waals surface area contributed by atoms with Gasteiger partial charge in [0.05, 0.1) is 18.8 Å². The highest BCUT2D eigenvalue weighted by molar-refractivity contribution is 6.04. The number of Topliss-reactive ketones (excluding diaryl/α,β-unsaturated/α-hetero) is 1. The second-order valence-corrected chi connectivity index (χ2v) is 5.37. The third-order valence-corrected chi connectivity index (χ3v) is 3.42. The summed E-state index contributed by atoms with van der Waals surface area (Å²) in [7, 11) is 1.62. The number of ether oxygens (including phenoxy) is 2. The summed E-state index contributed by atoms with van der Waals surface area (Å²) in [5.41, 5.74) is 1.77. The first-order valence-corrected chi connectivity index (χ1v) is 7.95. The van der Waals surface area contributed by atoms with E-state index in [2.05, 4.69) is 10.6 Å². The third kappa shape index (κ3) is 5.93. The van der Waals surface area contributed by atoms with Crippen LogP contribution in [0.2, 0.25) is 0 Å². The Kier molecular flexibility index (Phi) is 6.98. The summed E-state index contributed by atoms with van der Waals surface area (Å²) in [5.74, 6) is 0.369. The second-order valence-electron chi connectivity index (χ2n) is 5.37. The summed E-state index contributed by atoms with van der Waals surface area (Å²) in [5, 5.41) is 5.78. The van der Waals surface area contributed by atoms with Crippen molar-refractivity contribution in [3.63, 3.8) is 0 Å². The maximum absolute atomic E-state index is 12.1. The number of benzene rings is 2. The summed E-state index contributed by atoms with van der Waals surface area (Å²) >= 11 is 0. The molecule has 0 saturated carbocycles. The fourth-order valence-corrected chi connectivity index (χ4v) is 2.21. The van der Waals surface area contributed by atoms with Crippen LogP contribution < -0.4 is 15.4 Å². The lowest BCUT2D eigenvalue weighted by Crippen LogP contribution is -2.22. The molecule has 0 atom stereocenters. The van der Waals surface area contributed by atoms with Crippen molar-refractivity contribution in [3.05, 3.63) is 54.1 Å². The predicted molar refractivity (Wildman–Crippen MR) is 97.4 cm³/mol.